The van der Waals surface area contributed by atoms with Crippen LogP contribution in [-0.4, -0.2) is 77.4 Å². The number of benzene rings is 3. The number of rotatable bonds is 14. The Labute approximate surface area is 297 Å². The summed E-state index contributed by atoms with van der Waals surface area (Å²) in [5.41, 5.74) is 2.59. The maximum atomic E-state index is 14.0. The van der Waals surface area contributed by atoms with E-state index < -0.39 is 11.6 Å². The highest BCUT2D eigenvalue weighted by molar-refractivity contribution is 5.99. The number of carbonyl (C=O) groups is 2. The van der Waals surface area contributed by atoms with Crippen LogP contribution in [0.3, 0.4) is 0 Å². The van der Waals surface area contributed by atoms with E-state index in [1.807, 2.05) is 42.5 Å². The first-order valence-electron chi connectivity index (χ1n) is 18.1. The van der Waals surface area contributed by atoms with E-state index in [2.05, 4.69) is 20.5 Å². The molecule has 2 bridgehead atoms. The molecule has 3 atom stereocenters. The number of aromatic nitrogens is 1. The number of aromatic hydroxyl groups is 1. The van der Waals surface area contributed by atoms with Gasteiger partial charge >= 0.3 is 5.97 Å². The van der Waals surface area contributed by atoms with Crippen LogP contribution in [0, 0.1) is 5.92 Å². The lowest BCUT2D eigenvalue weighted by Crippen LogP contribution is -2.56. The molecular formula is C40H46N4O7. The number of ether oxygens (including phenoxy) is 2. The minimum Gasteiger partial charge on any atom is -0.506 e. The number of piperidine rings is 3. The van der Waals surface area contributed by atoms with Gasteiger partial charge in [0, 0.05) is 36.7 Å². The van der Waals surface area contributed by atoms with Crippen molar-refractivity contribution in [1.82, 2.24) is 20.5 Å². The van der Waals surface area contributed by atoms with Crippen molar-refractivity contribution >= 4 is 22.8 Å². The smallest absolute Gasteiger partial charge is 0.336 e. The number of aliphatic hydroxyl groups is 1. The second-order valence-electron chi connectivity index (χ2n) is 14.1. The average Bonchev–Trinajstić information content (AvgIpc) is 3.53. The maximum absolute atomic E-state index is 14.0. The van der Waals surface area contributed by atoms with Crippen LogP contribution in [0.1, 0.15) is 70.8 Å². The lowest BCUT2D eigenvalue weighted by molar-refractivity contribution is -0.167. The molecule has 5 N–H and O–H groups in total. The minimum atomic E-state index is -1.23. The van der Waals surface area contributed by atoms with Gasteiger partial charge in [0.25, 0.3) is 5.91 Å². The number of pyridine rings is 1. The lowest BCUT2D eigenvalue weighted by Gasteiger charge is -2.45. The molecule has 4 aromatic rings. The number of aliphatic hydroxyl groups excluding tert-OH is 1. The SMILES string of the molecule is O=C(NC1(C(=O)OC2CN3CCC2CC3)CCc2ccccc21)c1cccc(COCCCCNC[C@H](O)c2ccc(O)c3[nH]c(=O)ccc23)c1. The summed E-state index contributed by atoms with van der Waals surface area (Å²) >= 11 is 0. The van der Waals surface area contributed by atoms with Crippen molar-refractivity contribution in [3.8, 4) is 5.75 Å². The number of nitrogens with zero attached hydrogens (tertiary/aromatic N) is 1. The number of H-pyrrole nitrogens is 1. The van der Waals surface area contributed by atoms with E-state index >= 15 is 0 Å². The zero-order chi connectivity index (χ0) is 35.4. The molecule has 1 amide bonds. The first-order valence-corrected chi connectivity index (χ1v) is 18.1. The van der Waals surface area contributed by atoms with Crippen LogP contribution in [0.25, 0.3) is 10.9 Å². The zero-order valence-corrected chi connectivity index (χ0v) is 28.7. The summed E-state index contributed by atoms with van der Waals surface area (Å²) in [6, 6.07) is 21.3. The number of aromatic amines is 1. The molecule has 1 aromatic heterocycles. The van der Waals surface area contributed by atoms with Crippen molar-refractivity contribution in [3.63, 3.8) is 0 Å². The van der Waals surface area contributed by atoms with Gasteiger partial charge in [-0.05, 0) is 111 Å². The molecule has 0 radical (unpaired) electrons. The van der Waals surface area contributed by atoms with Gasteiger partial charge in [-0.25, -0.2) is 4.79 Å². The van der Waals surface area contributed by atoms with Crippen LogP contribution in [0.15, 0.2) is 77.6 Å². The number of phenols is 1. The molecule has 0 saturated carbocycles. The van der Waals surface area contributed by atoms with E-state index in [0.29, 0.717) is 67.1 Å². The second kappa shape index (κ2) is 15.4. The Hall–Kier alpha value is -4.55. The Morgan fingerprint density at radius 2 is 1.86 bits per heavy atom. The van der Waals surface area contributed by atoms with Crippen molar-refractivity contribution in [2.75, 3.05) is 39.3 Å². The molecule has 4 aliphatic rings. The number of fused-ring (bicyclic) bond motifs is 5. The normalized spacial score (nSPS) is 22.8. The van der Waals surface area contributed by atoms with Crippen molar-refractivity contribution in [3.05, 3.63) is 111 Å². The van der Waals surface area contributed by atoms with E-state index in [1.165, 1.54) is 12.1 Å². The van der Waals surface area contributed by atoms with Crippen LogP contribution in [0.5, 0.6) is 5.75 Å². The molecule has 3 saturated heterocycles. The third-order valence-electron chi connectivity index (χ3n) is 10.7. The topological polar surface area (TPSA) is 153 Å². The summed E-state index contributed by atoms with van der Waals surface area (Å²) < 4.78 is 12.2. The van der Waals surface area contributed by atoms with E-state index in [9.17, 15) is 24.6 Å². The first kappa shape index (κ1) is 34.9. The number of unbranched alkanes of at least 4 members (excludes halogenated alkanes) is 1. The number of amides is 1. The summed E-state index contributed by atoms with van der Waals surface area (Å²) in [6.45, 7) is 4.74. The number of nitrogens with one attached hydrogen (secondary N) is 3. The molecule has 0 spiro atoms. The highest BCUT2D eigenvalue weighted by Gasteiger charge is 2.50. The van der Waals surface area contributed by atoms with Gasteiger partial charge in [-0.2, -0.15) is 0 Å². The quantitative estimate of drug-likeness (QED) is 0.0972. The molecule has 51 heavy (non-hydrogen) atoms. The van der Waals surface area contributed by atoms with Gasteiger partial charge in [-0.15, -0.1) is 0 Å². The van der Waals surface area contributed by atoms with Crippen molar-refractivity contribution in [1.29, 1.82) is 0 Å². The molecule has 268 valence electrons. The fourth-order valence-electron chi connectivity index (χ4n) is 7.90. The average molecular weight is 695 g/mol. The minimum absolute atomic E-state index is 0.0399. The van der Waals surface area contributed by atoms with Gasteiger partial charge < -0.3 is 35.3 Å². The number of phenolic OH excluding ortho intramolecular Hbond substituents is 1. The Bertz CT molecular complexity index is 1940. The Balaban J connectivity index is 0.889. The van der Waals surface area contributed by atoms with Crippen LogP contribution in [0.2, 0.25) is 0 Å². The van der Waals surface area contributed by atoms with Crippen molar-refractivity contribution in [2.45, 2.75) is 62.9 Å². The largest absolute Gasteiger partial charge is 0.506 e. The van der Waals surface area contributed by atoms with Gasteiger partial charge in [-0.3, -0.25) is 14.5 Å². The van der Waals surface area contributed by atoms with E-state index in [1.54, 1.807) is 18.2 Å². The van der Waals surface area contributed by atoms with E-state index in [0.717, 1.165) is 62.0 Å². The van der Waals surface area contributed by atoms with Crippen molar-refractivity contribution in [2.24, 2.45) is 5.92 Å². The molecule has 11 nitrogen and oxygen atoms in total. The summed E-state index contributed by atoms with van der Waals surface area (Å²) in [7, 11) is 0. The second-order valence-corrected chi connectivity index (χ2v) is 14.1. The molecular weight excluding hydrogens is 648 g/mol. The number of esters is 1. The van der Waals surface area contributed by atoms with E-state index in [4.69, 9.17) is 9.47 Å². The number of hydrogen-bond donors (Lipinski definition) is 5. The predicted octanol–water partition coefficient (Wildman–Crippen LogP) is 4.06. The van der Waals surface area contributed by atoms with Crippen LogP contribution >= 0.6 is 0 Å². The summed E-state index contributed by atoms with van der Waals surface area (Å²) in [5.74, 6) is -0.353. The molecule has 2 unspecified atom stereocenters. The third kappa shape index (κ3) is 7.57. The number of aryl methyl sites for hydroxylation is 1. The molecule has 11 heteroatoms. The van der Waals surface area contributed by atoms with E-state index in [-0.39, 0.29) is 29.3 Å². The molecule has 8 rings (SSSR count). The van der Waals surface area contributed by atoms with Crippen LogP contribution in [0.4, 0.5) is 0 Å². The highest BCUT2D eigenvalue weighted by atomic mass is 16.5. The molecule has 3 fully saturated rings. The lowest BCUT2D eigenvalue weighted by atomic mass is 9.85. The van der Waals surface area contributed by atoms with Gasteiger partial charge in [0.1, 0.15) is 11.9 Å². The molecule has 3 aliphatic heterocycles. The summed E-state index contributed by atoms with van der Waals surface area (Å²) in [4.78, 5) is 44.5. The van der Waals surface area contributed by atoms with Gasteiger partial charge in [0.2, 0.25) is 5.56 Å². The Morgan fingerprint density at radius 3 is 2.69 bits per heavy atom. The number of carbonyl (C=O) groups excluding carboxylic acids is 2. The van der Waals surface area contributed by atoms with Crippen molar-refractivity contribution < 1.29 is 29.3 Å². The fourth-order valence-corrected chi connectivity index (χ4v) is 7.90. The molecule has 1 aliphatic carbocycles. The molecule has 4 heterocycles. The highest BCUT2D eigenvalue weighted by Crippen LogP contribution is 2.40. The van der Waals surface area contributed by atoms with Gasteiger partial charge in [0.15, 0.2) is 5.54 Å². The first-order chi connectivity index (χ1) is 24.8. The summed E-state index contributed by atoms with van der Waals surface area (Å²) in [5, 5.41) is 27.8. The Kier molecular flexibility index (Phi) is 10.5. The fraction of sp³-hybridized carbons (Fsp3) is 0.425. The van der Waals surface area contributed by atoms with Gasteiger partial charge in [0.05, 0.1) is 18.2 Å². The maximum Gasteiger partial charge on any atom is 0.336 e. The van der Waals surface area contributed by atoms with Crippen LogP contribution < -0.4 is 16.2 Å². The third-order valence-corrected chi connectivity index (χ3v) is 10.7. The predicted molar refractivity (Wildman–Crippen MR) is 192 cm³/mol. The van der Waals surface area contributed by atoms with Crippen LogP contribution in [-0.2, 0) is 32.8 Å². The monoisotopic (exact) mass is 694 g/mol. The number of hydrogen-bond acceptors (Lipinski definition) is 9. The zero-order valence-electron chi connectivity index (χ0n) is 28.7. The summed E-state index contributed by atoms with van der Waals surface area (Å²) in [6.07, 6.45) is 3.90. The van der Waals surface area contributed by atoms with Gasteiger partial charge in [-0.1, -0.05) is 42.5 Å². The Morgan fingerprint density at radius 1 is 1.02 bits per heavy atom. The standard InChI is InChI=1S/C40H46N4O7/c45-33-12-10-30(31-11-13-36(47)42-37(31)33)34(46)23-41-18-3-4-21-50-25-26-6-5-8-29(22-26)38(48)43-40(17-14-27-7-1-2-9-32(27)40)39(49)51-35-24-44-19-15-28(35)16-20-44/h1-2,5-13,22,28,34-35,41,45-46H,3-4,14-21,23-25H2,(H,42,47)(H,43,48)/t34-,35?,40?/m0/s1. The molecule has 3 aromatic carbocycles.